The summed E-state index contributed by atoms with van der Waals surface area (Å²) in [6.45, 7) is 3.27. The Hall–Kier alpha value is -2.12. The Balaban J connectivity index is 4.12. The van der Waals surface area contributed by atoms with Crippen LogP contribution < -0.4 is 10.6 Å². The van der Waals surface area contributed by atoms with Crippen LogP contribution in [-0.4, -0.2) is 47.1 Å². The highest BCUT2D eigenvalue weighted by molar-refractivity contribution is 6.31. The molecular formula is C9H14N2O6. The van der Waals surface area contributed by atoms with Crippen molar-refractivity contribution in [2.24, 2.45) is 5.41 Å². The Bertz CT molecular complexity index is 317. The number of amides is 2. The van der Waals surface area contributed by atoms with Crippen molar-refractivity contribution in [1.29, 1.82) is 0 Å². The van der Waals surface area contributed by atoms with Gasteiger partial charge in [0.05, 0.1) is 0 Å². The van der Waals surface area contributed by atoms with Gasteiger partial charge in [-0.05, 0) is 5.41 Å². The van der Waals surface area contributed by atoms with Gasteiger partial charge in [0.1, 0.15) is 0 Å². The molecule has 0 bridgehead atoms. The highest BCUT2D eigenvalue weighted by Gasteiger charge is 2.23. The fourth-order valence-corrected chi connectivity index (χ4v) is 0.853. The van der Waals surface area contributed by atoms with Crippen molar-refractivity contribution in [2.45, 2.75) is 13.8 Å². The van der Waals surface area contributed by atoms with Crippen molar-refractivity contribution in [3.05, 3.63) is 0 Å². The lowest BCUT2D eigenvalue weighted by Gasteiger charge is -2.24. The lowest BCUT2D eigenvalue weighted by atomic mass is 9.93. The predicted molar refractivity (Wildman–Crippen MR) is 55.1 cm³/mol. The first kappa shape index (κ1) is 14.9. The van der Waals surface area contributed by atoms with Gasteiger partial charge in [-0.1, -0.05) is 13.8 Å². The van der Waals surface area contributed by atoms with Crippen LogP contribution in [0.15, 0.2) is 0 Å². The molecule has 0 saturated heterocycles. The molecule has 0 aromatic rings. The second kappa shape index (κ2) is 5.83. The molecule has 2 amide bonds. The van der Waals surface area contributed by atoms with E-state index in [0.717, 1.165) is 0 Å². The van der Waals surface area contributed by atoms with Gasteiger partial charge in [-0.25, -0.2) is 9.59 Å². The molecule has 0 atom stereocenters. The number of hydrogen-bond donors (Lipinski definition) is 4. The molecule has 8 heteroatoms. The van der Waals surface area contributed by atoms with E-state index in [1.54, 1.807) is 13.8 Å². The zero-order valence-corrected chi connectivity index (χ0v) is 9.44. The van der Waals surface area contributed by atoms with Crippen molar-refractivity contribution >= 4 is 23.8 Å². The second-order valence-electron chi connectivity index (χ2n) is 4.14. The molecule has 0 fully saturated rings. The number of carboxylic acids is 2. The Labute approximate surface area is 97.0 Å². The number of carboxylic acid groups (broad SMARTS) is 2. The van der Waals surface area contributed by atoms with Gasteiger partial charge in [0.2, 0.25) is 0 Å². The summed E-state index contributed by atoms with van der Waals surface area (Å²) >= 11 is 0. The van der Waals surface area contributed by atoms with Gasteiger partial charge in [0.15, 0.2) is 0 Å². The standard InChI is InChI=1S/C9H14N2O6/c1-9(2,3-10-5(12)7(14)15)4-11-6(13)8(16)17/h3-4H2,1-2H3,(H,10,12)(H,11,13)(H,14,15)(H,16,17). The number of hydrogen-bond acceptors (Lipinski definition) is 4. The van der Waals surface area contributed by atoms with Crippen LogP contribution in [0.4, 0.5) is 0 Å². The molecule has 8 nitrogen and oxygen atoms in total. The Kier molecular flexibility index (Phi) is 5.10. The Morgan fingerprint density at radius 1 is 0.882 bits per heavy atom. The van der Waals surface area contributed by atoms with E-state index < -0.39 is 29.2 Å². The van der Waals surface area contributed by atoms with Crippen LogP contribution in [-0.2, 0) is 19.2 Å². The Morgan fingerprint density at radius 3 is 1.41 bits per heavy atom. The molecule has 0 unspecified atom stereocenters. The number of aliphatic carboxylic acids is 2. The van der Waals surface area contributed by atoms with Crippen molar-refractivity contribution in [3.63, 3.8) is 0 Å². The van der Waals surface area contributed by atoms with Crippen molar-refractivity contribution < 1.29 is 29.4 Å². The zero-order valence-electron chi connectivity index (χ0n) is 9.44. The summed E-state index contributed by atoms with van der Waals surface area (Å²) in [5.41, 5.74) is -0.657. The van der Waals surface area contributed by atoms with Crippen LogP contribution in [0.2, 0.25) is 0 Å². The average molecular weight is 246 g/mol. The SMILES string of the molecule is CC(C)(CNC(=O)C(=O)O)CNC(=O)C(=O)O. The van der Waals surface area contributed by atoms with Crippen LogP contribution in [0.5, 0.6) is 0 Å². The fourth-order valence-electron chi connectivity index (χ4n) is 0.853. The van der Waals surface area contributed by atoms with Crippen molar-refractivity contribution in [3.8, 4) is 0 Å². The third kappa shape index (κ3) is 6.13. The van der Waals surface area contributed by atoms with Gasteiger partial charge in [-0.3, -0.25) is 9.59 Å². The fraction of sp³-hybridized carbons (Fsp3) is 0.556. The molecule has 0 aromatic carbocycles. The molecule has 0 aliphatic heterocycles. The Morgan fingerprint density at radius 2 is 1.18 bits per heavy atom. The number of carbonyl (C=O) groups excluding carboxylic acids is 2. The van der Waals surface area contributed by atoms with Crippen LogP contribution >= 0.6 is 0 Å². The van der Waals surface area contributed by atoms with Gasteiger partial charge in [-0.15, -0.1) is 0 Å². The van der Waals surface area contributed by atoms with E-state index in [1.807, 2.05) is 0 Å². The van der Waals surface area contributed by atoms with Crippen LogP contribution in [0.25, 0.3) is 0 Å². The molecule has 4 N–H and O–H groups in total. The van der Waals surface area contributed by atoms with E-state index in [2.05, 4.69) is 10.6 Å². The molecular weight excluding hydrogens is 232 g/mol. The van der Waals surface area contributed by atoms with Gasteiger partial charge in [-0.2, -0.15) is 0 Å². The maximum Gasteiger partial charge on any atom is 0.394 e. The molecule has 0 radical (unpaired) electrons. The van der Waals surface area contributed by atoms with E-state index >= 15 is 0 Å². The lowest BCUT2D eigenvalue weighted by Crippen LogP contribution is -2.45. The minimum Gasteiger partial charge on any atom is -0.474 e. The first-order valence-electron chi connectivity index (χ1n) is 4.68. The summed E-state index contributed by atoms with van der Waals surface area (Å²) in [6.07, 6.45) is 0. The zero-order chi connectivity index (χ0) is 13.6. The van der Waals surface area contributed by atoms with Gasteiger partial charge >= 0.3 is 23.8 Å². The quantitative estimate of drug-likeness (QED) is 0.442. The monoisotopic (exact) mass is 246 g/mol. The second-order valence-corrected chi connectivity index (χ2v) is 4.14. The summed E-state index contributed by atoms with van der Waals surface area (Å²) in [4.78, 5) is 41.9. The van der Waals surface area contributed by atoms with E-state index in [4.69, 9.17) is 10.2 Å². The van der Waals surface area contributed by atoms with Gasteiger partial charge in [0, 0.05) is 13.1 Å². The highest BCUT2D eigenvalue weighted by atomic mass is 16.4. The van der Waals surface area contributed by atoms with Crippen molar-refractivity contribution in [1.82, 2.24) is 10.6 Å². The molecule has 17 heavy (non-hydrogen) atoms. The predicted octanol–water partition coefficient (Wildman–Crippen LogP) is -1.59. The topological polar surface area (TPSA) is 133 Å². The number of nitrogens with one attached hydrogen (secondary N) is 2. The minimum absolute atomic E-state index is 0.00195. The van der Waals surface area contributed by atoms with Gasteiger partial charge < -0.3 is 20.8 Å². The lowest BCUT2D eigenvalue weighted by molar-refractivity contribution is -0.150. The normalized spacial score (nSPS) is 10.5. The summed E-state index contributed by atoms with van der Waals surface area (Å²) in [7, 11) is 0. The van der Waals surface area contributed by atoms with E-state index in [-0.39, 0.29) is 13.1 Å². The summed E-state index contributed by atoms with van der Waals surface area (Å²) in [5.74, 6) is -5.50. The third-order valence-electron chi connectivity index (χ3n) is 1.84. The van der Waals surface area contributed by atoms with Gasteiger partial charge in [0.25, 0.3) is 0 Å². The minimum atomic E-state index is -1.60. The highest BCUT2D eigenvalue weighted by Crippen LogP contribution is 2.11. The molecule has 0 aromatic heterocycles. The first-order valence-corrected chi connectivity index (χ1v) is 4.68. The van der Waals surface area contributed by atoms with E-state index in [1.165, 1.54) is 0 Å². The third-order valence-corrected chi connectivity index (χ3v) is 1.84. The molecule has 0 rings (SSSR count). The van der Waals surface area contributed by atoms with Crippen LogP contribution in [0.1, 0.15) is 13.8 Å². The number of carbonyl (C=O) groups is 4. The maximum absolute atomic E-state index is 10.7. The smallest absolute Gasteiger partial charge is 0.394 e. The van der Waals surface area contributed by atoms with E-state index in [9.17, 15) is 19.2 Å². The molecule has 0 spiro atoms. The summed E-state index contributed by atoms with van der Waals surface area (Å²) in [5, 5.41) is 20.9. The molecule has 96 valence electrons. The van der Waals surface area contributed by atoms with Crippen molar-refractivity contribution in [2.75, 3.05) is 13.1 Å². The largest absolute Gasteiger partial charge is 0.474 e. The molecule has 0 heterocycles. The van der Waals surface area contributed by atoms with Crippen LogP contribution in [0, 0.1) is 5.41 Å². The summed E-state index contributed by atoms with van der Waals surface area (Å²) < 4.78 is 0. The first-order chi connectivity index (χ1) is 7.65. The van der Waals surface area contributed by atoms with Crippen LogP contribution in [0.3, 0.4) is 0 Å². The maximum atomic E-state index is 10.7. The summed E-state index contributed by atoms with van der Waals surface area (Å²) in [6, 6.07) is 0. The number of rotatable bonds is 4. The molecule has 0 aliphatic rings. The molecule has 0 aliphatic carbocycles. The average Bonchev–Trinajstić information content (AvgIpc) is 2.22. The molecule has 0 saturated carbocycles. The van der Waals surface area contributed by atoms with E-state index in [0.29, 0.717) is 0 Å².